The van der Waals surface area contributed by atoms with E-state index in [9.17, 15) is 0 Å². The van der Waals surface area contributed by atoms with Crippen molar-refractivity contribution < 1.29 is 9.84 Å². The Morgan fingerprint density at radius 1 is 1.26 bits per heavy atom. The van der Waals surface area contributed by atoms with Crippen LogP contribution >= 0.6 is 0 Å². The molecule has 2 fully saturated rings. The van der Waals surface area contributed by atoms with E-state index in [0.717, 1.165) is 25.9 Å². The fourth-order valence-corrected chi connectivity index (χ4v) is 4.14. The molecule has 0 aliphatic heterocycles. The van der Waals surface area contributed by atoms with Crippen molar-refractivity contribution in [3.05, 3.63) is 0 Å². The van der Waals surface area contributed by atoms with Crippen LogP contribution in [0.15, 0.2) is 0 Å². The van der Waals surface area contributed by atoms with E-state index >= 15 is 0 Å². The Hall–Kier alpha value is -0.120. The van der Waals surface area contributed by atoms with Gasteiger partial charge in [0.2, 0.25) is 0 Å². The quantitative estimate of drug-likeness (QED) is 0.747. The third-order valence-electron chi connectivity index (χ3n) is 5.34. The van der Waals surface area contributed by atoms with Crippen LogP contribution in [0.1, 0.15) is 65.2 Å². The Morgan fingerprint density at radius 2 is 2.00 bits per heavy atom. The minimum Gasteiger partial charge on any atom is -0.396 e. The summed E-state index contributed by atoms with van der Waals surface area (Å²) >= 11 is 0. The topological polar surface area (TPSA) is 41.5 Å². The van der Waals surface area contributed by atoms with Gasteiger partial charge in [-0.2, -0.15) is 0 Å². The molecule has 0 bridgehead atoms. The molecule has 2 aliphatic rings. The number of nitrogens with one attached hydrogen (secondary N) is 1. The van der Waals surface area contributed by atoms with Crippen LogP contribution in [-0.4, -0.2) is 36.5 Å². The van der Waals surface area contributed by atoms with E-state index in [2.05, 4.69) is 19.2 Å². The molecule has 2 rings (SSSR count). The summed E-state index contributed by atoms with van der Waals surface area (Å²) < 4.78 is 5.99. The second kappa shape index (κ2) is 7.05. The maximum atomic E-state index is 9.14. The highest BCUT2D eigenvalue weighted by atomic mass is 16.5. The monoisotopic (exact) mass is 269 g/mol. The molecule has 0 saturated heterocycles. The fourth-order valence-electron chi connectivity index (χ4n) is 4.14. The molecule has 1 spiro atoms. The summed E-state index contributed by atoms with van der Waals surface area (Å²) in [7, 11) is 0. The van der Waals surface area contributed by atoms with Crippen molar-refractivity contribution in [1.82, 2.24) is 5.32 Å². The average molecular weight is 269 g/mol. The molecule has 0 aromatic heterocycles. The fraction of sp³-hybridized carbons (Fsp3) is 1.00. The zero-order valence-corrected chi connectivity index (χ0v) is 12.7. The van der Waals surface area contributed by atoms with Crippen molar-refractivity contribution in [3.8, 4) is 0 Å². The van der Waals surface area contributed by atoms with Crippen LogP contribution in [0.5, 0.6) is 0 Å². The van der Waals surface area contributed by atoms with Crippen molar-refractivity contribution in [1.29, 1.82) is 0 Å². The lowest BCUT2D eigenvalue weighted by atomic mass is 9.55. The number of rotatable bonds is 7. The van der Waals surface area contributed by atoms with Gasteiger partial charge in [0.1, 0.15) is 0 Å². The summed E-state index contributed by atoms with van der Waals surface area (Å²) in [5, 5.41) is 13.0. The molecule has 0 heterocycles. The first-order valence-electron chi connectivity index (χ1n) is 8.25. The molecule has 3 heteroatoms. The number of hydrogen-bond acceptors (Lipinski definition) is 3. The molecule has 0 amide bonds. The van der Waals surface area contributed by atoms with Gasteiger partial charge in [-0.25, -0.2) is 0 Å². The molecular weight excluding hydrogens is 238 g/mol. The van der Waals surface area contributed by atoms with Crippen LogP contribution in [0.2, 0.25) is 0 Å². The second-order valence-corrected chi connectivity index (χ2v) is 6.31. The molecule has 3 nitrogen and oxygen atoms in total. The smallest absolute Gasteiger partial charge is 0.0661 e. The van der Waals surface area contributed by atoms with E-state index < -0.39 is 0 Å². The van der Waals surface area contributed by atoms with Crippen molar-refractivity contribution in [3.63, 3.8) is 0 Å². The lowest BCUT2D eigenvalue weighted by Gasteiger charge is -2.58. The molecule has 3 atom stereocenters. The lowest BCUT2D eigenvalue weighted by molar-refractivity contribution is -0.152. The summed E-state index contributed by atoms with van der Waals surface area (Å²) in [6, 6.07) is 1.08. The first-order valence-corrected chi connectivity index (χ1v) is 8.25. The molecule has 3 unspecified atom stereocenters. The van der Waals surface area contributed by atoms with Gasteiger partial charge in [0.05, 0.1) is 6.10 Å². The highest BCUT2D eigenvalue weighted by molar-refractivity contribution is 5.09. The normalized spacial score (nSPS) is 31.1. The summed E-state index contributed by atoms with van der Waals surface area (Å²) in [5.74, 6) is 0. The Kier molecular flexibility index (Phi) is 5.67. The molecule has 112 valence electrons. The second-order valence-electron chi connectivity index (χ2n) is 6.31. The molecule has 2 N–H and O–H groups in total. The summed E-state index contributed by atoms with van der Waals surface area (Å²) in [4.78, 5) is 0. The number of aliphatic hydroxyl groups excluding tert-OH is 1. The van der Waals surface area contributed by atoms with E-state index in [0.29, 0.717) is 30.2 Å². The van der Waals surface area contributed by atoms with Gasteiger partial charge in [-0.05, 0) is 39.0 Å². The van der Waals surface area contributed by atoms with Crippen LogP contribution in [0.25, 0.3) is 0 Å². The maximum absolute atomic E-state index is 9.14. The van der Waals surface area contributed by atoms with Gasteiger partial charge in [-0.3, -0.25) is 0 Å². The minimum absolute atomic E-state index is 0.292. The van der Waals surface area contributed by atoms with Crippen molar-refractivity contribution in [2.24, 2.45) is 5.41 Å². The van der Waals surface area contributed by atoms with Gasteiger partial charge in [-0.1, -0.05) is 26.2 Å². The highest BCUT2D eigenvalue weighted by Crippen LogP contribution is 2.53. The van der Waals surface area contributed by atoms with Crippen LogP contribution in [-0.2, 0) is 4.74 Å². The molecular formula is C16H31NO2. The van der Waals surface area contributed by atoms with Gasteiger partial charge >= 0.3 is 0 Å². The lowest BCUT2D eigenvalue weighted by Crippen LogP contribution is -2.66. The SMILES string of the molecule is CCOC1CC(NC(CC)CCO)C12CCCCC2. The minimum atomic E-state index is 0.292. The zero-order valence-electron chi connectivity index (χ0n) is 12.7. The maximum Gasteiger partial charge on any atom is 0.0661 e. The zero-order chi connectivity index (χ0) is 13.7. The molecule has 19 heavy (non-hydrogen) atoms. The number of hydrogen-bond donors (Lipinski definition) is 2. The van der Waals surface area contributed by atoms with E-state index in [1.54, 1.807) is 0 Å². The first-order chi connectivity index (χ1) is 9.26. The van der Waals surface area contributed by atoms with Gasteiger partial charge in [0.25, 0.3) is 0 Å². The largest absolute Gasteiger partial charge is 0.396 e. The van der Waals surface area contributed by atoms with Gasteiger partial charge in [-0.15, -0.1) is 0 Å². The summed E-state index contributed by atoms with van der Waals surface area (Å²) in [6.07, 6.45) is 10.4. The van der Waals surface area contributed by atoms with E-state index in [-0.39, 0.29) is 0 Å². The molecule has 0 aromatic rings. The molecule has 2 saturated carbocycles. The summed E-state index contributed by atoms with van der Waals surface area (Å²) in [6.45, 7) is 5.45. The van der Waals surface area contributed by atoms with Crippen molar-refractivity contribution in [2.75, 3.05) is 13.2 Å². The molecule has 0 aromatic carbocycles. The number of aliphatic hydroxyl groups is 1. The Morgan fingerprint density at radius 3 is 2.58 bits per heavy atom. The Balaban J connectivity index is 1.96. The van der Waals surface area contributed by atoms with Crippen molar-refractivity contribution in [2.45, 2.75) is 83.4 Å². The van der Waals surface area contributed by atoms with Gasteiger partial charge in [0, 0.05) is 30.7 Å². The van der Waals surface area contributed by atoms with E-state index in [4.69, 9.17) is 9.84 Å². The van der Waals surface area contributed by atoms with Crippen LogP contribution in [0.3, 0.4) is 0 Å². The Bertz CT molecular complexity index is 263. The number of ether oxygens (including phenoxy) is 1. The van der Waals surface area contributed by atoms with Crippen LogP contribution < -0.4 is 5.32 Å². The average Bonchev–Trinajstić information content (AvgIpc) is 2.46. The van der Waals surface area contributed by atoms with Crippen LogP contribution in [0.4, 0.5) is 0 Å². The third kappa shape index (κ3) is 3.14. The van der Waals surface area contributed by atoms with E-state index in [1.165, 1.54) is 32.1 Å². The predicted molar refractivity (Wildman–Crippen MR) is 78.3 cm³/mol. The molecule has 2 aliphatic carbocycles. The molecule has 0 radical (unpaired) electrons. The van der Waals surface area contributed by atoms with Crippen LogP contribution in [0, 0.1) is 5.41 Å². The standard InChI is InChI=1S/C16H31NO2/c1-3-13(8-11-18)17-14-12-15(19-4-2)16(14)9-6-5-7-10-16/h13-15,17-18H,3-12H2,1-2H3. The first kappa shape index (κ1) is 15.3. The third-order valence-corrected chi connectivity index (χ3v) is 5.34. The van der Waals surface area contributed by atoms with Crippen molar-refractivity contribution >= 4 is 0 Å². The predicted octanol–water partition coefficient (Wildman–Crippen LogP) is 2.86. The van der Waals surface area contributed by atoms with E-state index in [1.807, 2.05) is 0 Å². The summed E-state index contributed by atoms with van der Waals surface area (Å²) in [5.41, 5.74) is 0.400. The van der Waals surface area contributed by atoms with Gasteiger partial charge in [0.15, 0.2) is 0 Å². The Labute approximate surface area is 118 Å². The van der Waals surface area contributed by atoms with Gasteiger partial charge < -0.3 is 15.2 Å². The highest BCUT2D eigenvalue weighted by Gasteiger charge is 2.55.